The van der Waals surface area contributed by atoms with Crippen molar-refractivity contribution in [2.24, 2.45) is 11.8 Å². The zero-order chi connectivity index (χ0) is 18.5. The number of rotatable bonds is 4. The van der Waals surface area contributed by atoms with Crippen LogP contribution in [0.1, 0.15) is 20.3 Å². The zero-order valence-corrected chi connectivity index (χ0v) is 15.2. The fourth-order valence-corrected chi connectivity index (χ4v) is 4.60. The summed E-state index contributed by atoms with van der Waals surface area (Å²) in [5.41, 5.74) is 0.621. The minimum absolute atomic E-state index is 0.0204. The molecule has 0 saturated carbocycles. The van der Waals surface area contributed by atoms with Gasteiger partial charge < -0.3 is 19.9 Å². The standard InChI is InChI=1S/C19H25N3O4/c1-12-4-8-21(9-5-12)17(24)15-14-3-6-19(26-14)11-22(18(25)16(15)19)10-7-20-13(2)23/h3-4,6,14-16H,5,7-11H2,1-2H3,(H,20,23). The van der Waals surface area contributed by atoms with Crippen LogP contribution in [0.2, 0.25) is 0 Å². The summed E-state index contributed by atoms with van der Waals surface area (Å²) in [6, 6.07) is 0. The van der Waals surface area contributed by atoms with Gasteiger partial charge in [-0.15, -0.1) is 0 Å². The second-order valence-electron chi connectivity index (χ2n) is 7.73. The van der Waals surface area contributed by atoms with Crippen LogP contribution in [-0.2, 0) is 19.1 Å². The number of fused-ring (bicyclic) bond motifs is 1. The number of nitrogens with one attached hydrogen (secondary N) is 1. The molecular formula is C19H25N3O4. The first-order valence-corrected chi connectivity index (χ1v) is 9.26. The molecular weight excluding hydrogens is 334 g/mol. The Bertz CT molecular complexity index is 716. The van der Waals surface area contributed by atoms with Crippen LogP contribution in [0.3, 0.4) is 0 Å². The Balaban J connectivity index is 1.50. The predicted octanol–water partition coefficient (Wildman–Crippen LogP) is 0.0831. The summed E-state index contributed by atoms with van der Waals surface area (Å²) >= 11 is 0. The number of ether oxygens (including phenoxy) is 1. The van der Waals surface area contributed by atoms with Gasteiger partial charge in [-0.2, -0.15) is 0 Å². The van der Waals surface area contributed by atoms with Gasteiger partial charge in [-0.1, -0.05) is 23.8 Å². The third-order valence-corrected chi connectivity index (χ3v) is 5.97. The largest absolute Gasteiger partial charge is 0.360 e. The first kappa shape index (κ1) is 17.3. The van der Waals surface area contributed by atoms with E-state index >= 15 is 0 Å². The lowest BCUT2D eigenvalue weighted by Crippen LogP contribution is -2.47. The molecule has 4 unspecified atom stereocenters. The normalized spacial score (nSPS) is 34.9. The monoisotopic (exact) mass is 359 g/mol. The quantitative estimate of drug-likeness (QED) is 0.721. The van der Waals surface area contributed by atoms with Crippen molar-refractivity contribution >= 4 is 17.7 Å². The van der Waals surface area contributed by atoms with Gasteiger partial charge in [-0.3, -0.25) is 14.4 Å². The van der Waals surface area contributed by atoms with E-state index in [1.165, 1.54) is 12.5 Å². The summed E-state index contributed by atoms with van der Waals surface area (Å²) in [6.45, 7) is 6.14. The van der Waals surface area contributed by atoms with Gasteiger partial charge >= 0.3 is 0 Å². The average Bonchev–Trinajstić information content (AvgIpc) is 3.23. The van der Waals surface area contributed by atoms with Crippen LogP contribution in [-0.4, -0.2) is 72.0 Å². The summed E-state index contributed by atoms with van der Waals surface area (Å²) < 4.78 is 6.13. The van der Waals surface area contributed by atoms with Gasteiger partial charge in [0.15, 0.2) is 0 Å². The molecule has 1 N–H and O–H groups in total. The van der Waals surface area contributed by atoms with E-state index in [2.05, 4.69) is 18.3 Å². The summed E-state index contributed by atoms with van der Waals surface area (Å²) in [5, 5.41) is 2.72. The molecule has 2 saturated heterocycles. The Kier molecular flexibility index (Phi) is 4.14. The van der Waals surface area contributed by atoms with Crippen molar-refractivity contribution in [3.63, 3.8) is 0 Å². The number of hydrogen-bond donors (Lipinski definition) is 1. The predicted molar refractivity (Wildman–Crippen MR) is 93.9 cm³/mol. The summed E-state index contributed by atoms with van der Waals surface area (Å²) in [6.07, 6.45) is 6.56. The number of carbonyl (C=O) groups is 3. The highest BCUT2D eigenvalue weighted by Crippen LogP contribution is 2.52. The molecule has 1 spiro atoms. The van der Waals surface area contributed by atoms with E-state index in [9.17, 15) is 14.4 Å². The van der Waals surface area contributed by atoms with E-state index in [0.717, 1.165) is 6.42 Å². The molecule has 4 aliphatic rings. The highest BCUT2D eigenvalue weighted by atomic mass is 16.5. The van der Waals surface area contributed by atoms with E-state index in [0.29, 0.717) is 32.7 Å². The molecule has 3 amide bonds. The number of nitrogens with zero attached hydrogens (tertiary/aromatic N) is 2. The van der Waals surface area contributed by atoms with E-state index < -0.39 is 17.4 Å². The van der Waals surface area contributed by atoms with Gasteiger partial charge in [0.2, 0.25) is 17.7 Å². The maximum Gasteiger partial charge on any atom is 0.230 e. The fourth-order valence-electron chi connectivity index (χ4n) is 4.60. The van der Waals surface area contributed by atoms with Crippen LogP contribution in [0.15, 0.2) is 23.8 Å². The number of likely N-dealkylation sites (tertiary alicyclic amines) is 1. The molecule has 0 radical (unpaired) electrons. The van der Waals surface area contributed by atoms with Gasteiger partial charge in [0.05, 0.1) is 24.5 Å². The Morgan fingerprint density at radius 1 is 1.42 bits per heavy atom. The summed E-state index contributed by atoms with van der Waals surface area (Å²) in [4.78, 5) is 40.8. The maximum absolute atomic E-state index is 13.1. The van der Waals surface area contributed by atoms with Gasteiger partial charge in [-0.05, 0) is 13.3 Å². The van der Waals surface area contributed by atoms with Gasteiger partial charge in [0, 0.05) is 33.1 Å². The molecule has 0 aromatic carbocycles. The first-order valence-electron chi connectivity index (χ1n) is 9.26. The minimum atomic E-state index is -0.681. The van der Waals surface area contributed by atoms with Crippen LogP contribution in [0, 0.1) is 11.8 Å². The van der Waals surface area contributed by atoms with Crippen LogP contribution >= 0.6 is 0 Å². The fraction of sp³-hybridized carbons (Fsp3) is 0.632. The molecule has 0 aromatic heterocycles. The molecule has 4 rings (SSSR count). The van der Waals surface area contributed by atoms with Crippen LogP contribution in [0.25, 0.3) is 0 Å². The molecule has 4 atom stereocenters. The van der Waals surface area contributed by atoms with E-state index in [1.807, 2.05) is 17.1 Å². The lowest BCUT2D eigenvalue weighted by molar-refractivity contribution is -0.143. The van der Waals surface area contributed by atoms with Crippen LogP contribution < -0.4 is 5.32 Å². The van der Waals surface area contributed by atoms with Gasteiger partial charge in [0.25, 0.3) is 0 Å². The number of amides is 3. The van der Waals surface area contributed by atoms with E-state index in [-0.39, 0.29) is 23.8 Å². The van der Waals surface area contributed by atoms with Crippen molar-refractivity contribution in [2.45, 2.75) is 32.0 Å². The van der Waals surface area contributed by atoms with Gasteiger partial charge in [-0.25, -0.2) is 0 Å². The summed E-state index contributed by atoms with van der Waals surface area (Å²) in [5.74, 6) is -1.02. The van der Waals surface area contributed by atoms with E-state index in [4.69, 9.17) is 4.74 Å². The van der Waals surface area contributed by atoms with Gasteiger partial charge in [0.1, 0.15) is 5.60 Å². The molecule has 0 aromatic rings. The molecule has 7 nitrogen and oxygen atoms in total. The second-order valence-corrected chi connectivity index (χ2v) is 7.73. The van der Waals surface area contributed by atoms with Crippen LogP contribution in [0.4, 0.5) is 0 Å². The Labute approximate surface area is 153 Å². The molecule has 2 fully saturated rings. The Morgan fingerprint density at radius 3 is 2.92 bits per heavy atom. The Morgan fingerprint density at radius 2 is 2.23 bits per heavy atom. The van der Waals surface area contributed by atoms with Crippen molar-refractivity contribution in [2.75, 3.05) is 32.7 Å². The molecule has 0 aliphatic carbocycles. The highest BCUT2D eigenvalue weighted by Gasteiger charge is 2.67. The maximum atomic E-state index is 13.1. The van der Waals surface area contributed by atoms with Crippen molar-refractivity contribution in [1.29, 1.82) is 0 Å². The molecule has 26 heavy (non-hydrogen) atoms. The average molecular weight is 359 g/mol. The molecule has 2 bridgehead atoms. The van der Waals surface area contributed by atoms with Crippen LogP contribution in [0.5, 0.6) is 0 Å². The second kappa shape index (κ2) is 6.23. The molecule has 4 aliphatic heterocycles. The molecule has 7 heteroatoms. The van der Waals surface area contributed by atoms with E-state index in [1.54, 1.807) is 4.90 Å². The lowest BCUT2D eigenvalue weighted by Gasteiger charge is -2.31. The third kappa shape index (κ3) is 2.65. The Hall–Kier alpha value is -2.15. The molecule has 140 valence electrons. The number of hydrogen-bond acceptors (Lipinski definition) is 4. The first-order chi connectivity index (χ1) is 12.4. The zero-order valence-electron chi connectivity index (χ0n) is 15.2. The topological polar surface area (TPSA) is 79.0 Å². The van der Waals surface area contributed by atoms with Crippen molar-refractivity contribution in [3.8, 4) is 0 Å². The molecule has 4 heterocycles. The lowest BCUT2D eigenvalue weighted by atomic mass is 9.76. The SMILES string of the molecule is CC(=O)NCCN1CC23C=CC(O2)C(C(=O)N2CC=C(C)CC2)C3C1=O. The number of carbonyl (C=O) groups excluding carboxylic acids is 3. The van der Waals surface area contributed by atoms with Crippen molar-refractivity contribution in [3.05, 3.63) is 23.8 Å². The van der Waals surface area contributed by atoms with Crippen molar-refractivity contribution < 1.29 is 19.1 Å². The summed E-state index contributed by atoms with van der Waals surface area (Å²) in [7, 11) is 0. The highest BCUT2D eigenvalue weighted by molar-refractivity contribution is 5.93. The minimum Gasteiger partial charge on any atom is -0.360 e. The van der Waals surface area contributed by atoms with Crippen molar-refractivity contribution in [1.82, 2.24) is 15.1 Å². The smallest absolute Gasteiger partial charge is 0.230 e. The third-order valence-electron chi connectivity index (χ3n) is 5.97.